The summed E-state index contributed by atoms with van der Waals surface area (Å²) in [6.45, 7) is 4.46. The summed E-state index contributed by atoms with van der Waals surface area (Å²) in [6, 6.07) is 3.92. The molecule has 1 aromatic carbocycles. The molecule has 152 valence electrons. The van der Waals surface area contributed by atoms with Gasteiger partial charge in [-0.15, -0.1) is 0 Å². The van der Waals surface area contributed by atoms with Gasteiger partial charge in [-0.2, -0.15) is 0 Å². The van der Waals surface area contributed by atoms with Gasteiger partial charge < -0.3 is 19.5 Å². The van der Waals surface area contributed by atoms with Crippen LogP contribution in [0.15, 0.2) is 12.1 Å². The second-order valence-corrected chi connectivity index (χ2v) is 8.85. The van der Waals surface area contributed by atoms with Gasteiger partial charge in [0, 0.05) is 26.3 Å². The van der Waals surface area contributed by atoms with Crippen LogP contribution in [0.1, 0.15) is 44.1 Å². The molecule has 2 amide bonds. The van der Waals surface area contributed by atoms with Crippen molar-refractivity contribution in [2.45, 2.75) is 44.1 Å². The van der Waals surface area contributed by atoms with Crippen LogP contribution >= 0.6 is 11.3 Å². The van der Waals surface area contributed by atoms with Crippen molar-refractivity contribution in [3.63, 3.8) is 0 Å². The fourth-order valence-corrected chi connectivity index (χ4v) is 4.98. The zero-order valence-electron chi connectivity index (χ0n) is 16.4. The summed E-state index contributed by atoms with van der Waals surface area (Å²) in [7, 11) is 1.64. The molecule has 0 aliphatic carbocycles. The lowest BCUT2D eigenvalue weighted by Gasteiger charge is -2.35. The average molecular weight is 406 g/mol. The molecule has 0 unspecified atom stereocenters. The van der Waals surface area contributed by atoms with Crippen molar-refractivity contribution in [3.05, 3.63) is 17.7 Å². The van der Waals surface area contributed by atoms with E-state index in [-0.39, 0.29) is 6.03 Å². The Kier molecular flexibility index (Phi) is 5.44. The number of aliphatic hydroxyl groups is 1. The third-order valence-electron chi connectivity index (χ3n) is 5.76. The number of ether oxygens (including phenoxy) is 2. The Bertz CT molecular complexity index is 850. The highest BCUT2D eigenvalue weighted by Crippen LogP contribution is 2.40. The zero-order valence-corrected chi connectivity index (χ0v) is 17.2. The molecule has 2 aliphatic heterocycles. The molecule has 2 aliphatic rings. The van der Waals surface area contributed by atoms with Crippen LogP contribution in [-0.2, 0) is 4.74 Å². The fourth-order valence-electron chi connectivity index (χ4n) is 3.91. The molecule has 0 atom stereocenters. The number of hydrogen-bond acceptors (Lipinski definition) is 6. The molecule has 0 bridgehead atoms. The number of aromatic nitrogens is 1. The lowest BCUT2D eigenvalue weighted by Crippen LogP contribution is -2.46. The lowest BCUT2D eigenvalue weighted by atomic mass is 9.91. The van der Waals surface area contributed by atoms with E-state index in [9.17, 15) is 9.90 Å². The SMILES string of the molecule is COc1ccc(C2CCOCC2)c2sc(NC(=O)N3CCC(C)(O)CC3)nc12. The third-order valence-corrected chi connectivity index (χ3v) is 6.78. The smallest absolute Gasteiger partial charge is 0.323 e. The van der Waals surface area contributed by atoms with E-state index in [0.717, 1.165) is 42.0 Å². The van der Waals surface area contributed by atoms with Crippen molar-refractivity contribution in [2.24, 2.45) is 0 Å². The predicted octanol–water partition coefficient (Wildman–Crippen LogP) is 3.58. The first-order valence-corrected chi connectivity index (χ1v) is 10.6. The van der Waals surface area contributed by atoms with E-state index in [4.69, 9.17) is 9.47 Å². The minimum absolute atomic E-state index is 0.166. The number of anilines is 1. The zero-order chi connectivity index (χ0) is 19.7. The molecular weight excluding hydrogens is 378 g/mol. The van der Waals surface area contributed by atoms with Crippen molar-refractivity contribution in [1.82, 2.24) is 9.88 Å². The molecule has 3 heterocycles. The van der Waals surface area contributed by atoms with E-state index in [1.807, 2.05) is 13.0 Å². The van der Waals surface area contributed by atoms with Crippen LogP contribution in [0.4, 0.5) is 9.93 Å². The van der Waals surface area contributed by atoms with E-state index in [0.29, 0.717) is 37.0 Å². The topological polar surface area (TPSA) is 83.9 Å². The molecule has 0 radical (unpaired) electrons. The van der Waals surface area contributed by atoms with Crippen LogP contribution in [0.25, 0.3) is 10.2 Å². The second-order valence-electron chi connectivity index (χ2n) is 7.85. The van der Waals surface area contributed by atoms with Crippen LogP contribution < -0.4 is 10.1 Å². The molecule has 8 heteroatoms. The van der Waals surface area contributed by atoms with Gasteiger partial charge in [-0.3, -0.25) is 5.32 Å². The Morgan fingerprint density at radius 3 is 2.75 bits per heavy atom. The number of benzene rings is 1. The van der Waals surface area contributed by atoms with Gasteiger partial charge in [0.2, 0.25) is 0 Å². The summed E-state index contributed by atoms with van der Waals surface area (Å²) in [4.78, 5) is 19.0. The Morgan fingerprint density at radius 2 is 2.07 bits per heavy atom. The number of nitrogens with one attached hydrogen (secondary N) is 1. The number of piperidine rings is 1. The van der Waals surface area contributed by atoms with E-state index in [1.54, 1.807) is 12.0 Å². The number of carbonyl (C=O) groups excluding carboxylic acids is 1. The largest absolute Gasteiger partial charge is 0.494 e. The molecular formula is C20H27N3O4S. The van der Waals surface area contributed by atoms with E-state index in [2.05, 4.69) is 16.4 Å². The van der Waals surface area contributed by atoms with Crippen LogP contribution in [0.2, 0.25) is 0 Å². The highest BCUT2D eigenvalue weighted by atomic mass is 32.1. The second kappa shape index (κ2) is 7.85. The Balaban J connectivity index is 1.57. The summed E-state index contributed by atoms with van der Waals surface area (Å²) < 4.78 is 12.1. The molecule has 2 saturated heterocycles. The number of rotatable bonds is 3. The predicted molar refractivity (Wildman–Crippen MR) is 109 cm³/mol. The number of urea groups is 1. The highest BCUT2D eigenvalue weighted by molar-refractivity contribution is 7.22. The van der Waals surface area contributed by atoms with Crippen molar-refractivity contribution < 1.29 is 19.4 Å². The maximum absolute atomic E-state index is 12.6. The Hall–Kier alpha value is -1.90. The maximum atomic E-state index is 12.6. The third kappa shape index (κ3) is 3.94. The number of thiazole rings is 1. The molecule has 1 aromatic heterocycles. The molecule has 2 fully saturated rings. The number of fused-ring (bicyclic) bond motifs is 1. The molecule has 0 saturated carbocycles. The quantitative estimate of drug-likeness (QED) is 0.815. The van der Waals surface area contributed by atoms with Crippen LogP contribution in [0, 0.1) is 0 Å². The van der Waals surface area contributed by atoms with Crippen LogP contribution in [-0.4, -0.2) is 60.0 Å². The number of methoxy groups -OCH3 is 1. The van der Waals surface area contributed by atoms with Gasteiger partial charge in [-0.25, -0.2) is 9.78 Å². The van der Waals surface area contributed by atoms with Gasteiger partial charge in [0.1, 0.15) is 11.3 Å². The number of amides is 2. The van der Waals surface area contributed by atoms with Crippen molar-refractivity contribution >= 4 is 32.7 Å². The summed E-state index contributed by atoms with van der Waals surface area (Å²) in [5.74, 6) is 1.16. The van der Waals surface area contributed by atoms with Gasteiger partial charge in [0.05, 0.1) is 17.4 Å². The lowest BCUT2D eigenvalue weighted by molar-refractivity contribution is 0.00570. The number of nitrogens with zero attached hydrogens (tertiary/aromatic N) is 2. The van der Waals surface area contributed by atoms with Crippen molar-refractivity contribution in [1.29, 1.82) is 0 Å². The van der Waals surface area contributed by atoms with Gasteiger partial charge >= 0.3 is 6.03 Å². The minimum atomic E-state index is -0.682. The van der Waals surface area contributed by atoms with Gasteiger partial charge in [0.15, 0.2) is 5.13 Å². The molecule has 2 N–H and O–H groups in total. The van der Waals surface area contributed by atoms with Gasteiger partial charge in [-0.1, -0.05) is 17.4 Å². The van der Waals surface area contributed by atoms with Crippen molar-refractivity contribution in [2.75, 3.05) is 38.7 Å². The minimum Gasteiger partial charge on any atom is -0.494 e. The molecule has 7 nitrogen and oxygen atoms in total. The van der Waals surface area contributed by atoms with E-state index >= 15 is 0 Å². The molecule has 2 aromatic rings. The molecule has 4 rings (SSSR count). The van der Waals surface area contributed by atoms with Crippen LogP contribution in [0.5, 0.6) is 5.75 Å². The first kappa shape index (κ1) is 19.4. The Labute approximate surface area is 168 Å². The molecule has 0 spiro atoms. The van der Waals surface area contributed by atoms with Gasteiger partial charge in [0.25, 0.3) is 0 Å². The number of hydrogen-bond donors (Lipinski definition) is 2. The van der Waals surface area contributed by atoms with Crippen molar-refractivity contribution in [3.8, 4) is 5.75 Å². The number of likely N-dealkylation sites (tertiary alicyclic amines) is 1. The Morgan fingerprint density at radius 1 is 1.36 bits per heavy atom. The number of carbonyl (C=O) groups is 1. The van der Waals surface area contributed by atoms with E-state index < -0.39 is 5.60 Å². The molecule has 28 heavy (non-hydrogen) atoms. The average Bonchev–Trinajstić information content (AvgIpc) is 3.11. The summed E-state index contributed by atoms with van der Waals surface area (Å²) in [5, 5.41) is 13.6. The summed E-state index contributed by atoms with van der Waals surface area (Å²) >= 11 is 1.50. The first-order valence-electron chi connectivity index (χ1n) is 9.80. The monoisotopic (exact) mass is 405 g/mol. The highest BCUT2D eigenvalue weighted by Gasteiger charge is 2.30. The van der Waals surface area contributed by atoms with Crippen LogP contribution in [0.3, 0.4) is 0 Å². The summed E-state index contributed by atoms with van der Waals surface area (Å²) in [6.07, 6.45) is 3.16. The maximum Gasteiger partial charge on any atom is 0.323 e. The first-order chi connectivity index (χ1) is 13.5. The van der Waals surface area contributed by atoms with Gasteiger partial charge in [-0.05, 0) is 50.2 Å². The summed E-state index contributed by atoms with van der Waals surface area (Å²) in [5.41, 5.74) is 1.37. The van der Waals surface area contributed by atoms with E-state index in [1.165, 1.54) is 16.9 Å². The normalized spacial score (nSPS) is 20.3. The fraction of sp³-hybridized carbons (Fsp3) is 0.600. The standard InChI is InChI=1S/C20H27N3O4S/c1-20(25)7-9-23(10-8-20)19(24)22-18-21-16-15(26-2)4-3-14(17(16)28-18)13-5-11-27-12-6-13/h3-4,13,25H,5-12H2,1-2H3,(H,21,22,24).